The summed E-state index contributed by atoms with van der Waals surface area (Å²) in [4.78, 5) is 11.1. The first kappa shape index (κ1) is 18.8. The van der Waals surface area contributed by atoms with E-state index >= 15 is 0 Å². The summed E-state index contributed by atoms with van der Waals surface area (Å²) in [5, 5.41) is 6.91. The maximum Gasteiger partial charge on any atom is 0.191 e. The molecule has 0 saturated carbocycles. The number of aliphatic imine (C=N–C) groups is 1. The van der Waals surface area contributed by atoms with Gasteiger partial charge in [-0.2, -0.15) is 0 Å². The fourth-order valence-corrected chi connectivity index (χ4v) is 3.36. The molecule has 6 heteroatoms. The lowest BCUT2D eigenvalue weighted by Crippen LogP contribution is -2.50. The van der Waals surface area contributed by atoms with E-state index in [1.165, 1.54) is 38.8 Å². The Hall–Kier alpha value is -1.56. The van der Waals surface area contributed by atoms with Crippen LogP contribution in [-0.4, -0.2) is 59.7 Å². The molecule has 0 amide bonds. The average molecular weight is 335 g/mol. The smallest absolute Gasteiger partial charge is 0.191 e. The highest BCUT2D eigenvalue weighted by atomic mass is 15.2. The van der Waals surface area contributed by atoms with Crippen LogP contribution in [0.3, 0.4) is 0 Å². The third-order valence-corrected chi connectivity index (χ3v) is 4.80. The van der Waals surface area contributed by atoms with E-state index in [0.29, 0.717) is 12.0 Å². The Balaban J connectivity index is 1.77. The number of aromatic nitrogens is 2. The van der Waals surface area contributed by atoms with Gasteiger partial charge in [0, 0.05) is 45.1 Å². The van der Waals surface area contributed by atoms with Gasteiger partial charge in [0.25, 0.3) is 0 Å². The van der Waals surface area contributed by atoms with Crippen molar-refractivity contribution in [3.8, 4) is 0 Å². The first-order valence-corrected chi connectivity index (χ1v) is 9.35. The third kappa shape index (κ3) is 6.15. The third-order valence-electron chi connectivity index (χ3n) is 4.80. The summed E-state index contributed by atoms with van der Waals surface area (Å²) in [5.74, 6) is 1.52. The number of nitrogens with one attached hydrogen (secondary N) is 2. The normalized spacial score (nSPS) is 18.4. The molecule has 1 aromatic rings. The van der Waals surface area contributed by atoms with Gasteiger partial charge in [-0.15, -0.1) is 0 Å². The molecule has 0 radical (unpaired) electrons. The first-order valence-electron chi connectivity index (χ1n) is 9.35. The average Bonchev–Trinajstić information content (AvgIpc) is 2.94. The van der Waals surface area contributed by atoms with Crippen LogP contribution in [0, 0.1) is 5.92 Å². The highest BCUT2D eigenvalue weighted by Gasteiger charge is 2.22. The summed E-state index contributed by atoms with van der Waals surface area (Å²) in [6.45, 7) is 9.79. The van der Waals surface area contributed by atoms with Crippen LogP contribution in [0.4, 0.5) is 0 Å². The van der Waals surface area contributed by atoms with Gasteiger partial charge >= 0.3 is 0 Å². The van der Waals surface area contributed by atoms with Crippen molar-refractivity contribution in [2.75, 3.05) is 33.2 Å². The quantitative estimate of drug-likeness (QED) is 0.591. The SMILES string of the molecule is CN=C(NCCn1ccnc1)NCC(C(C)C)N1CCCCCC1. The van der Waals surface area contributed by atoms with Crippen LogP contribution in [-0.2, 0) is 6.54 Å². The van der Waals surface area contributed by atoms with E-state index in [4.69, 9.17) is 0 Å². The highest BCUT2D eigenvalue weighted by Crippen LogP contribution is 2.16. The fourth-order valence-electron chi connectivity index (χ4n) is 3.36. The number of imidazole rings is 1. The molecule has 1 aliphatic rings. The standard InChI is InChI=1S/C18H34N6/c1-16(2)17(24-10-6-4-5-7-11-24)14-22-18(19-3)21-9-13-23-12-8-20-15-23/h8,12,15-17H,4-7,9-11,13-14H2,1-3H3,(H2,19,21,22). The summed E-state index contributed by atoms with van der Waals surface area (Å²) < 4.78 is 2.06. The molecule has 1 aliphatic heterocycles. The van der Waals surface area contributed by atoms with E-state index in [2.05, 4.69) is 43.9 Å². The molecule has 0 aromatic carbocycles. The van der Waals surface area contributed by atoms with Gasteiger partial charge in [-0.1, -0.05) is 26.7 Å². The van der Waals surface area contributed by atoms with Gasteiger partial charge in [0.15, 0.2) is 5.96 Å². The van der Waals surface area contributed by atoms with Gasteiger partial charge in [0.1, 0.15) is 0 Å². The Morgan fingerprint density at radius 3 is 2.50 bits per heavy atom. The molecule has 24 heavy (non-hydrogen) atoms. The zero-order chi connectivity index (χ0) is 17.2. The van der Waals surface area contributed by atoms with Crippen molar-refractivity contribution in [3.63, 3.8) is 0 Å². The van der Waals surface area contributed by atoms with Gasteiger partial charge in [-0.25, -0.2) is 4.98 Å². The minimum absolute atomic E-state index is 0.565. The van der Waals surface area contributed by atoms with E-state index in [1.54, 1.807) is 0 Å². The van der Waals surface area contributed by atoms with Crippen LogP contribution in [0.15, 0.2) is 23.7 Å². The van der Waals surface area contributed by atoms with Gasteiger partial charge in [0.2, 0.25) is 0 Å². The van der Waals surface area contributed by atoms with Gasteiger partial charge in [0.05, 0.1) is 6.33 Å². The number of likely N-dealkylation sites (tertiary alicyclic amines) is 1. The van der Waals surface area contributed by atoms with E-state index in [9.17, 15) is 0 Å². The molecular weight excluding hydrogens is 300 g/mol. The van der Waals surface area contributed by atoms with Crippen LogP contribution in [0.25, 0.3) is 0 Å². The summed E-state index contributed by atoms with van der Waals surface area (Å²) in [5.41, 5.74) is 0. The Bertz CT molecular complexity index is 460. The molecule has 0 spiro atoms. The molecule has 1 unspecified atom stereocenters. The molecule has 0 aliphatic carbocycles. The van der Waals surface area contributed by atoms with Crippen molar-refractivity contribution in [2.24, 2.45) is 10.9 Å². The Labute approximate surface area is 146 Å². The highest BCUT2D eigenvalue weighted by molar-refractivity contribution is 5.79. The topological polar surface area (TPSA) is 57.5 Å². The van der Waals surface area contributed by atoms with Gasteiger partial charge < -0.3 is 15.2 Å². The Morgan fingerprint density at radius 1 is 1.17 bits per heavy atom. The van der Waals surface area contributed by atoms with Gasteiger partial charge in [-0.3, -0.25) is 9.89 Å². The molecule has 1 fully saturated rings. The van der Waals surface area contributed by atoms with Crippen molar-refractivity contribution < 1.29 is 0 Å². The van der Waals surface area contributed by atoms with E-state index in [-0.39, 0.29) is 0 Å². The number of hydrogen-bond acceptors (Lipinski definition) is 3. The predicted molar refractivity (Wildman–Crippen MR) is 100 cm³/mol. The second-order valence-electron chi connectivity index (χ2n) is 6.94. The molecule has 136 valence electrons. The molecule has 1 saturated heterocycles. The molecule has 0 bridgehead atoms. The molecule has 1 aromatic heterocycles. The summed E-state index contributed by atoms with van der Waals surface area (Å²) in [7, 11) is 1.84. The first-order chi connectivity index (χ1) is 11.7. The minimum Gasteiger partial charge on any atom is -0.355 e. The maximum absolute atomic E-state index is 4.35. The minimum atomic E-state index is 0.565. The second kappa shape index (κ2) is 10.3. The van der Waals surface area contributed by atoms with E-state index < -0.39 is 0 Å². The van der Waals surface area contributed by atoms with Crippen molar-refractivity contribution >= 4 is 5.96 Å². The predicted octanol–water partition coefficient (Wildman–Crippen LogP) is 1.95. The van der Waals surface area contributed by atoms with Crippen molar-refractivity contribution in [1.29, 1.82) is 0 Å². The molecular formula is C18H34N6. The molecule has 2 N–H and O–H groups in total. The maximum atomic E-state index is 4.35. The monoisotopic (exact) mass is 334 g/mol. The zero-order valence-corrected chi connectivity index (χ0v) is 15.5. The number of guanidine groups is 1. The molecule has 6 nitrogen and oxygen atoms in total. The van der Waals surface area contributed by atoms with Gasteiger partial charge in [-0.05, 0) is 31.8 Å². The number of hydrogen-bond donors (Lipinski definition) is 2. The number of rotatable bonds is 7. The second-order valence-corrected chi connectivity index (χ2v) is 6.94. The lowest BCUT2D eigenvalue weighted by Gasteiger charge is -2.34. The summed E-state index contributed by atoms with van der Waals surface area (Å²) in [6, 6.07) is 0.565. The molecule has 1 atom stereocenters. The van der Waals surface area contributed by atoms with E-state index in [1.807, 2.05) is 25.8 Å². The summed E-state index contributed by atoms with van der Waals surface area (Å²) in [6.07, 6.45) is 11.1. The van der Waals surface area contributed by atoms with Crippen molar-refractivity contribution in [3.05, 3.63) is 18.7 Å². The van der Waals surface area contributed by atoms with Crippen molar-refractivity contribution in [1.82, 2.24) is 25.1 Å². The lowest BCUT2D eigenvalue weighted by atomic mass is 10.0. The van der Waals surface area contributed by atoms with Crippen LogP contribution < -0.4 is 10.6 Å². The van der Waals surface area contributed by atoms with Crippen LogP contribution in [0.5, 0.6) is 0 Å². The molecule has 2 rings (SSSR count). The molecule has 2 heterocycles. The summed E-state index contributed by atoms with van der Waals surface area (Å²) >= 11 is 0. The fraction of sp³-hybridized carbons (Fsp3) is 0.778. The Morgan fingerprint density at radius 2 is 1.92 bits per heavy atom. The largest absolute Gasteiger partial charge is 0.355 e. The number of nitrogens with zero attached hydrogens (tertiary/aromatic N) is 4. The van der Waals surface area contributed by atoms with Crippen LogP contribution in [0.1, 0.15) is 39.5 Å². The van der Waals surface area contributed by atoms with Crippen molar-refractivity contribution in [2.45, 2.75) is 52.1 Å². The zero-order valence-electron chi connectivity index (χ0n) is 15.5. The van der Waals surface area contributed by atoms with E-state index in [0.717, 1.165) is 25.6 Å². The Kier molecular flexibility index (Phi) is 8.08. The lowest BCUT2D eigenvalue weighted by molar-refractivity contribution is 0.161. The van der Waals surface area contributed by atoms with Crippen LogP contribution in [0.2, 0.25) is 0 Å². The van der Waals surface area contributed by atoms with Crippen LogP contribution >= 0.6 is 0 Å².